The molecule has 3 aromatic heterocycles. The number of thiophene rings is 1. The SMILES string of the molecule is Fc1ccc(-n2c(-c3ccncc3)nn(CN3CCCC3c3cccs3)c2=S)cc1. The van der Waals surface area contributed by atoms with Gasteiger partial charge in [0.2, 0.25) is 4.77 Å². The number of rotatable bonds is 5. The molecule has 1 fully saturated rings. The van der Waals surface area contributed by atoms with Crippen molar-refractivity contribution in [3.05, 3.63) is 81.8 Å². The lowest BCUT2D eigenvalue weighted by molar-refractivity contribution is 0.192. The van der Waals surface area contributed by atoms with Gasteiger partial charge in [-0.15, -0.1) is 16.4 Å². The molecular weight excluding hydrogens is 417 g/mol. The molecule has 1 saturated heterocycles. The van der Waals surface area contributed by atoms with Crippen molar-refractivity contribution in [1.82, 2.24) is 24.2 Å². The summed E-state index contributed by atoms with van der Waals surface area (Å²) in [5, 5.41) is 7.00. The molecule has 1 atom stereocenters. The molecule has 1 aromatic carbocycles. The molecule has 0 bridgehead atoms. The Morgan fingerprint density at radius 3 is 2.63 bits per heavy atom. The summed E-state index contributed by atoms with van der Waals surface area (Å²) in [7, 11) is 0. The second-order valence-corrected chi connectivity index (χ2v) is 8.63. The Morgan fingerprint density at radius 2 is 1.90 bits per heavy atom. The molecule has 0 N–H and O–H groups in total. The van der Waals surface area contributed by atoms with Gasteiger partial charge in [-0.1, -0.05) is 6.07 Å². The van der Waals surface area contributed by atoms with Gasteiger partial charge in [-0.25, -0.2) is 9.07 Å². The van der Waals surface area contributed by atoms with E-state index in [2.05, 4.69) is 27.4 Å². The highest BCUT2D eigenvalue weighted by Crippen LogP contribution is 2.35. The van der Waals surface area contributed by atoms with Gasteiger partial charge >= 0.3 is 0 Å². The second-order valence-electron chi connectivity index (χ2n) is 7.28. The Kier molecular flexibility index (Phi) is 5.28. The quantitative estimate of drug-likeness (QED) is 0.389. The molecule has 152 valence electrons. The highest BCUT2D eigenvalue weighted by Gasteiger charge is 2.28. The van der Waals surface area contributed by atoms with Gasteiger partial charge < -0.3 is 0 Å². The standard InChI is InChI=1S/C22H20FN5S2/c23-17-5-7-18(8-6-17)28-21(16-9-11-24-12-10-16)25-27(22(28)29)15-26-13-1-3-19(26)20-4-2-14-30-20/h2,4-12,14,19H,1,3,13,15H2. The van der Waals surface area contributed by atoms with E-state index in [1.165, 1.54) is 17.0 Å². The first kappa shape index (κ1) is 19.3. The summed E-state index contributed by atoms with van der Waals surface area (Å²) >= 11 is 7.63. The minimum atomic E-state index is -0.279. The van der Waals surface area contributed by atoms with Crippen LogP contribution in [0.1, 0.15) is 23.8 Å². The average Bonchev–Trinajstić information content (AvgIpc) is 3.51. The summed E-state index contributed by atoms with van der Waals surface area (Å²) < 4.78 is 17.9. The zero-order chi connectivity index (χ0) is 20.5. The Balaban J connectivity index is 1.56. The van der Waals surface area contributed by atoms with Crippen LogP contribution in [-0.4, -0.2) is 30.8 Å². The summed E-state index contributed by atoms with van der Waals surface area (Å²) in [5.74, 6) is 0.444. The van der Waals surface area contributed by atoms with Crippen molar-refractivity contribution < 1.29 is 4.39 Å². The van der Waals surface area contributed by atoms with E-state index >= 15 is 0 Å². The topological polar surface area (TPSA) is 38.9 Å². The molecular formula is C22H20FN5S2. The number of hydrogen-bond acceptors (Lipinski definition) is 5. The van der Waals surface area contributed by atoms with Gasteiger partial charge in [0.05, 0.1) is 12.4 Å². The van der Waals surface area contributed by atoms with Crippen LogP contribution in [0.4, 0.5) is 4.39 Å². The van der Waals surface area contributed by atoms with Crippen molar-refractivity contribution in [2.45, 2.75) is 25.6 Å². The average molecular weight is 438 g/mol. The number of benzene rings is 1. The summed E-state index contributed by atoms with van der Waals surface area (Å²) in [4.78, 5) is 7.92. The predicted molar refractivity (Wildman–Crippen MR) is 119 cm³/mol. The molecule has 0 aliphatic carbocycles. The summed E-state index contributed by atoms with van der Waals surface area (Å²) in [6.45, 7) is 1.63. The lowest BCUT2D eigenvalue weighted by Gasteiger charge is -2.23. The van der Waals surface area contributed by atoms with Crippen molar-refractivity contribution >= 4 is 23.6 Å². The predicted octanol–water partition coefficient (Wildman–Crippen LogP) is 5.46. The molecule has 0 radical (unpaired) electrons. The molecule has 1 unspecified atom stereocenters. The van der Waals surface area contributed by atoms with Gasteiger partial charge in [0, 0.05) is 35.4 Å². The normalized spacial score (nSPS) is 16.9. The third-order valence-corrected chi connectivity index (χ3v) is 6.78. The Hall–Kier alpha value is -2.68. The van der Waals surface area contributed by atoms with Crippen molar-refractivity contribution in [2.24, 2.45) is 0 Å². The van der Waals surface area contributed by atoms with Gasteiger partial charge in [0.15, 0.2) is 5.82 Å². The molecule has 30 heavy (non-hydrogen) atoms. The first-order chi connectivity index (χ1) is 14.7. The molecule has 1 aliphatic heterocycles. The fourth-order valence-electron chi connectivity index (χ4n) is 3.98. The van der Waals surface area contributed by atoms with E-state index in [4.69, 9.17) is 17.3 Å². The van der Waals surface area contributed by atoms with E-state index in [1.807, 2.05) is 21.4 Å². The minimum Gasteiger partial charge on any atom is -0.276 e. The summed E-state index contributed by atoms with van der Waals surface area (Å²) in [5.41, 5.74) is 1.70. The molecule has 4 heterocycles. The zero-order valence-corrected chi connectivity index (χ0v) is 17.8. The van der Waals surface area contributed by atoms with Crippen LogP contribution in [0.3, 0.4) is 0 Å². The maximum Gasteiger partial charge on any atom is 0.204 e. The molecule has 5 nitrogen and oxygen atoms in total. The maximum absolute atomic E-state index is 13.5. The van der Waals surface area contributed by atoms with E-state index in [0.717, 1.165) is 36.5 Å². The molecule has 0 saturated carbocycles. The third-order valence-electron chi connectivity index (χ3n) is 5.41. The molecule has 5 rings (SSSR count). The second kappa shape index (κ2) is 8.22. The minimum absolute atomic E-state index is 0.279. The van der Waals surface area contributed by atoms with Gasteiger partial charge in [-0.3, -0.25) is 14.5 Å². The number of likely N-dealkylation sites (tertiary alicyclic amines) is 1. The first-order valence-corrected chi connectivity index (χ1v) is 11.1. The fourth-order valence-corrected chi connectivity index (χ4v) is 5.17. The maximum atomic E-state index is 13.5. The molecule has 4 aromatic rings. The largest absolute Gasteiger partial charge is 0.276 e. The highest BCUT2D eigenvalue weighted by molar-refractivity contribution is 7.71. The summed E-state index contributed by atoms with van der Waals surface area (Å²) in [6.07, 6.45) is 5.77. The zero-order valence-electron chi connectivity index (χ0n) is 16.2. The van der Waals surface area contributed by atoms with E-state index < -0.39 is 0 Å². The Morgan fingerprint density at radius 1 is 1.10 bits per heavy atom. The van der Waals surface area contributed by atoms with Crippen LogP contribution >= 0.6 is 23.6 Å². The van der Waals surface area contributed by atoms with Crippen LogP contribution in [0, 0.1) is 10.6 Å². The van der Waals surface area contributed by atoms with Crippen LogP contribution in [-0.2, 0) is 6.67 Å². The molecule has 0 spiro atoms. The number of halogens is 1. The van der Waals surface area contributed by atoms with Crippen LogP contribution in [0.2, 0.25) is 0 Å². The van der Waals surface area contributed by atoms with E-state index in [1.54, 1.807) is 35.9 Å². The van der Waals surface area contributed by atoms with Gasteiger partial charge in [-0.05, 0) is 72.9 Å². The van der Waals surface area contributed by atoms with Crippen molar-refractivity contribution in [1.29, 1.82) is 0 Å². The van der Waals surface area contributed by atoms with E-state index in [9.17, 15) is 4.39 Å². The van der Waals surface area contributed by atoms with Crippen LogP contribution in [0.15, 0.2) is 66.3 Å². The Labute approximate surface area is 183 Å². The number of nitrogens with zero attached hydrogens (tertiary/aromatic N) is 5. The van der Waals surface area contributed by atoms with Crippen molar-refractivity contribution in [3.63, 3.8) is 0 Å². The smallest absolute Gasteiger partial charge is 0.204 e. The van der Waals surface area contributed by atoms with E-state index in [-0.39, 0.29) is 5.82 Å². The van der Waals surface area contributed by atoms with Crippen molar-refractivity contribution in [2.75, 3.05) is 6.54 Å². The van der Waals surface area contributed by atoms with Crippen LogP contribution < -0.4 is 0 Å². The lowest BCUT2D eigenvalue weighted by Crippen LogP contribution is -2.26. The van der Waals surface area contributed by atoms with Crippen molar-refractivity contribution in [3.8, 4) is 17.1 Å². The van der Waals surface area contributed by atoms with E-state index in [0.29, 0.717) is 17.5 Å². The number of hydrogen-bond donors (Lipinski definition) is 0. The van der Waals surface area contributed by atoms with Gasteiger partial charge in [0.1, 0.15) is 5.82 Å². The summed E-state index contributed by atoms with van der Waals surface area (Å²) in [6, 6.07) is 14.9. The van der Waals surface area contributed by atoms with Gasteiger partial charge in [-0.2, -0.15) is 0 Å². The van der Waals surface area contributed by atoms with Gasteiger partial charge in [0.25, 0.3) is 0 Å². The Bertz CT molecular complexity index is 1180. The molecule has 1 aliphatic rings. The highest BCUT2D eigenvalue weighted by atomic mass is 32.1. The van der Waals surface area contributed by atoms with Crippen LogP contribution in [0.5, 0.6) is 0 Å². The van der Waals surface area contributed by atoms with Crippen LogP contribution in [0.25, 0.3) is 17.1 Å². The lowest BCUT2D eigenvalue weighted by atomic mass is 10.2. The molecule has 0 amide bonds. The first-order valence-electron chi connectivity index (χ1n) is 9.84. The number of pyridine rings is 1. The fraction of sp³-hybridized carbons (Fsp3) is 0.227. The monoisotopic (exact) mass is 437 g/mol. The third kappa shape index (κ3) is 3.62. The number of aromatic nitrogens is 4. The molecule has 8 heteroatoms.